The fourth-order valence-electron chi connectivity index (χ4n) is 4.43. The molecule has 0 saturated heterocycles. The van der Waals surface area contributed by atoms with Gasteiger partial charge >= 0.3 is 0 Å². The van der Waals surface area contributed by atoms with Gasteiger partial charge in [0.2, 0.25) is 0 Å². The molecule has 2 aromatic carbocycles. The largest absolute Gasteiger partial charge is 0.507 e. The van der Waals surface area contributed by atoms with Gasteiger partial charge in [-0.15, -0.1) is 0 Å². The maximum absolute atomic E-state index is 12.9. The van der Waals surface area contributed by atoms with Crippen LogP contribution in [0.15, 0.2) is 54.1 Å². The van der Waals surface area contributed by atoms with Gasteiger partial charge < -0.3 is 20.4 Å². The van der Waals surface area contributed by atoms with Gasteiger partial charge in [-0.05, 0) is 62.8 Å². The number of hydrogen-bond acceptors (Lipinski definition) is 5. The van der Waals surface area contributed by atoms with Crippen molar-refractivity contribution in [3.63, 3.8) is 0 Å². The summed E-state index contributed by atoms with van der Waals surface area (Å²) >= 11 is 0. The third-order valence-electron chi connectivity index (χ3n) is 6.04. The summed E-state index contributed by atoms with van der Waals surface area (Å²) in [6, 6.07) is 10.6. The van der Waals surface area contributed by atoms with Crippen molar-refractivity contribution in [3.8, 4) is 11.5 Å². The van der Waals surface area contributed by atoms with E-state index in [2.05, 4.69) is 0 Å². The van der Waals surface area contributed by atoms with Gasteiger partial charge in [0.05, 0.1) is 12.2 Å². The molecule has 0 aromatic heterocycles. The number of phenolic OH excluding ortho intramolecular Hbond substituents is 2. The first kappa shape index (κ1) is 22.8. The van der Waals surface area contributed by atoms with Crippen molar-refractivity contribution < 1.29 is 25.2 Å². The molecule has 1 aliphatic rings. The van der Waals surface area contributed by atoms with Crippen LogP contribution in [-0.2, 0) is 6.61 Å². The number of carbonyl (C=O) groups is 1. The average molecular weight is 423 g/mol. The molecule has 3 rings (SSSR count). The number of aliphatic hydroxyl groups excluding tert-OH is 1. The summed E-state index contributed by atoms with van der Waals surface area (Å²) in [6.45, 7) is 5.03. The Morgan fingerprint density at radius 2 is 1.87 bits per heavy atom. The molecule has 31 heavy (non-hydrogen) atoms. The van der Waals surface area contributed by atoms with E-state index in [0.717, 1.165) is 17.6 Å². The highest BCUT2D eigenvalue weighted by Gasteiger charge is 2.39. The standard InChI is InChI=1S/C26H30O5/c1-16-9-11-20(26(2,3)31)19(13-16)23-18(15-27)14-22(29)24(25(23)30)21(28)12-10-17-7-5-4-6-8-17/h4-8,10,12-14,19-20,27,29-31H,9,11,15H2,1-3H3. The molecule has 164 valence electrons. The van der Waals surface area contributed by atoms with Crippen LogP contribution in [-0.4, -0.2) is 31.8 Å². The van der Waals surface area contributed by atoms with Gasteiger partial charge in [-0.1, -0.05) is 48.1 Å². The Hall–Kier alpha value is -2.89. The lowest BCUT2D eigenvalue weighted by Gasteiger charge is -2.39. The van der Waals surface area contributed by atoms with Gasteiger partial charge in [0, 0.05) is 11.5 Å². The molecule has 2 unspecified atom stereocenters. The van der Waals surface area contributed by atoms with Crippen LogP contribution in [0.2, 0.25) is 0 Å². The highest BCUT2D eigenvalue weighted by molar-refractivity contribution is 6.10. The summed E-state index contributed by atoms with van der Waals surface area (Å²) in [6.07, 6.45) is 6.43. The monoisotopic (exact) mass is 422 g/mol. The lowest BCUT2D eigenvalue weighted by atomic mass is 9.69. The van der Waals surface area contributed by atoms with Crippen molar-refractivity contribution in [3.05, 3.63) is 76.4 Å². The van der Waals surface area contributed by atoms with Crippen molar-refractivity contribution >= 4 is 11.9 Å². The first-order valence-electron chi connectivity index (χ1n) is 10.5. The number of aromatic hydroxyl groups is 2. The zero-order chi connectivity index (χ0) is 22.8. The summed E-state index contributed by atoms with van der Waals surface area (Å²) in [5, 5.41) is 42.3. The molecule has 2 aromatic rings. The molecule has 0 saturated carbocycles. The van der Waals surface area contributed by atoms with E-state index >= 15 is 0 Å². The smallest absolute Gasteiger partial charge is 0.193 e. The highest BCUT2D eigenvalue weighted by atomic mass is 16.3. The Labute approximate surface area is 183 Å². The number of allylic oxidation sites excluding steroid dienone is 3. The van der Waals surface area contributed by atoms with E-state index in [-0.39, 0.29) is 23.0 Å². The van der Waals surface area contributed by atoms with E-state index in [0.29, 0.717) is 17.5 Å². The van der Waals surface area contributed by atoms with Crippen LogP contribution in [0.5, 0.6) is 11.5 Å². The van der Waals surface area contributed by atoms with Gasteiger partial charge in [-0.2, -0.15) is 0 Å². The van der Waals surface area contributed by atoms with Crippen molar-refractivity contribution in [2.75, 3.05) is 0 Å². The van der Waals surface area contributed by atoms with Crippen LogP contribution in [0, 0.1) is 5.92 Å². The zero-order valence-corrected chi connectivity index (χ0v) is 18.2. The third kappa shape index (κ3) is 4.89. The van der Waals surface area contributed by atoms with Crippen molar-refractivity contribution in [1.82, 2.24) is 0 Å². The lowest BCUT2D eigenvalue weighted by molar-refractivity contribution is 0.00420. The van der Waals surface area contributed by atoms with Gasteiger partial charge in [0.1, 0.15) is 17.1 Å². The Bertz CT molecular complexity index is 1010. The fraction of sp³-hybridized carbons (Fsp3) is 0.346. The molecule has 0 aliphatic heterocycles. The fourth-order valence-corrected chi connectivity index (χ4v) is 4.43. The molecule has 5 heteroatoms. The summed E-state index contributed by atoms with van der Waals surface area (Å²) in [5.41, 5.74) is 1.40. The van der Waals surface area contributed by atoms with E-state index in [1.807, 2.05) is 43.3 Å². The molecule has 0 heterocycles. The minimum Gasteiger partial charge on any atom is -0.507 e. The highest BCUT2D eigenvalue weighted by Crippen LogP contribution is 2.48. The minimum absolute atomic E-state index is 0.203. The van der Waals surface area contributed by atoms with E-state index in [1.54, 1.807) is 19.9 Å². The van der Waals surface area contributed by atoms with Crippen LogP contribution >= 0.6 is 0 Å². The second-order valence-corrected chi connectivity index (χ2v) is 8.80. The quantitative estimate of drug-likeness (QED) is 0.307. The minimum atomic E-state index is -1.03. The summed E-state index contributed by atoms with van der Waals surface area (Å²) in [5.74, 6) is -1.90. The number of hydrogen-bond donors (Lipinski definition) is 4. The number of ketones is 1. The topological polar surface area (TPSA) is 98.0 Å². The predicted molar refractivity (Wildman–Crippen MR) is 121 cm³/mol. The summed E-state index contributed by atoms with van der Waals surface area (Å²) in [4.78, 5) is 12.9. The van der Waals surface area contributed by atoms with Gasteiger partial charge in [0.15, 0.2) is 5.78 Å². The summed E-state index contributed by atoms with van der Waals surface area (Å²) < 4.78 is 0. The maximum atomic E-state index is 12.9. The van der Waals surface area contributed by atoms with Crippen molar-refractivity contribution in [2.24, 2.45) is 5.92 Å². The van der Waals surface area contributed by atoms with Crippen LogP contribution in [0.3, 0.4) is 0 Å². The first-order chi connectivity index (χ1) is 14.6. The molecule has 0 spiro atoms. The molecule has 5 nitrogen and oxygen atoms in total. The molecule has 0 bridgehead atoms. The van der Waals surface area contributed by atoms with Gasteiger partial charge in [0.25, 0.3) is 0 Å². The van der Waals surface area contributed by atoms with E-state index in [1.165, 1.54) is 12.1 Å². The van der Waals surface area contributed by atoms with E-state index < -0.39 is 23.9 Å². The van der Waals surface area contributed by atoms with Crippen LogP contribution in [0.4, 0.5) is 0 Å². The molecule has 4 N–H and O–H groups in total. The van der Waals surface area contributed by atoms with E-state index in [4.69, 9.17) is 0 Å². The summed E-state index contributed by atoms with van der Waals surface area (Å²) in [7, 11) is 0. The van der Waals surface area contributed by atoms with Gasteiger partial charge in [-0.25, -0.2) is 0 Å². The molecule has 0 amide bonds. The lowest BCUT2D eigenvalue weighted by Crippen LogP contribution is -2.36. The Balaban J connectivity index is 2.12. The molecule has 0 fully saturated rings. The van der Waals surface area contributed by atoms with Crippen LogP contribution in [0.25, 0.3) is 6.08 Å². The van der Waals surface area contributed by atoms with E-state index in [9.17, 15) is 25.2 Å². The number of aliphatic hydroxyl groups is 2. The Morgan fingerprint density at radius 1 is 1.19 bits per heavy atom. The van der Waals surface area contributed by atoms with Crippen LogP contribution in [0.1, 0.15) is 66.6 Å². The normalized spacial score (nSPS) is 19.5. The second kappa shape index (κ2) is 9.08. The van der Waals surface area contributed by atoms with Crippen molar-refractivity contribution in [2.45, 2.75) is 51.7 Å². The van der Waals surface area contributed by atoms with Crippen LogP contribution < -0.4 is 0 Å². The molecule has 0 radical (unpaired) electrons. The molecular formula is C26H30O5. The van der Waals surface area contributed by atoms with Gasteiger partial charge in [-0.3, -0.25) is 4.79 Å². The Morgan fingerprint density at radius 3 is 2.48 bits per heavy atom. The number of benzene rings is 2. The first-order valence-corrected chi connectivity index (χ1v) is 10.5. The number of phenols is 2. The SMILES string of the molecule is CC1=CC(c2c(CO)cc(O)c(C(=O)C=Cc3ccccc3)c2O)C(C(C)(C)O)CC1. The average Bonchev–Trinajstić information content (AvgIpc) is 2.71. The maximum Gasteiger partial charge on any atom is 0.193 e. The zero-order valence-electron chi connectivity index (χ0n) is 18.2. The number of rotatable bonds is 6. The second-order valence-electron chi connectivity index (χ2n) is 8.80. The molecular weight excluding hydrogens is 392 g/mol. The third-order valence-corrected chi connectivity index (χ3v) is 6.04. The Kier molecular flexibility index (Phi) is 6.68. The number of carbonyl (C=O) groups excluding carboxylic acids is 1. The van der Waals surface area contributed by atoms with Crippen molar-refractivity contribution in [1.29, 1.82) is 0 Å². The molecule has 2 atom stereocenters. The predicted octanol–water partition coefficient (Wildman–Crippen LogP) is 4.70. The molecule has 1 aliphatic carbocycles.